The molecule has 0 atom stereocenters. The van der Waals surface area contributed by atoms with Gasteiger partial charge in [-0.15, -0.1) is 0 Å². The predicted octanol–water partition coefficient (Wildman–Crippen LogP) is 4.38. The Morgan fingerprint density at radius 1 is 1.27 bits per heavy atom. The van der Waals surface area contributed by atoms with Gasteiger partial charge in [0, 0.05) is 19.1 Å². The van der Waals surface area contributed by atoms with Crippen molar-refractivity contribution < 1.29 is 14.6 Å². The van der Waals surface area contributed by atoms with Gasteiger partial charge in [0.1, 0.15) is 11.5 Å². The van der Waals surface area contributed by atoms with Crippen molar-refractivity contribution in [2.45, 2.75) is 40.0 Å². The Kier molecular flexibility index (Phi) is 5.01. The molecule has 2 rings (SSSR count). The molecule has 0 saturated heterocycles. The number of rotatable bonds is 5. The highest BCUT2D eigenvalue weighted by molar-refractivity contribution is 6.14. The van der Waals surface area contributed by atoms with Crippen LogP contribution in [-0.4, -0.2) is 23.7 Å². The third-order valence-electron chi connectivity index (χ3n) is 3.55. The summed E-state index contributed by atoms with van der Waals surface area (Å²) in [5.41, 5.74) is 0.865. The molecule has 0 aliphatic heterocycles. The highest BCUT2D eigenvalue weighted by Gasteiger charge is 2.32. The van der Waals surface area contributed by atoms with Crippen molar-refractivity contribution in [3.63, 3.8) is 0 Å². The monoisotopic (exact) mass is 301 g/mol. The van der Waals surface area contributed by atoms with Gasteiger partial charge in [-0.1, -0.05) is 20.8 Å². The van der Waals surface area contributed by atoms with Crippen molar-refractivity contribution in [1.29, 1.82) is 0 Å². The van der Waals surface area contributed by atoms with Crippen molar-refractivity contribution in [3.05, 3.63) is 35.6 Å². The molecule has 0 radical (unpaired) electrons. The average molecular weight is 301 g/mol. The molecule has 4 heteroatoms. The summed E-state index contributed by atoms with van der Waals surface area (Å²) in [5, 5.41) is 10.0. The molecule has 0 amide bonds. The standard InChI is InChI=1S/C18H23NO3/c1-4-9-22-14-7-5-13(6-8-14)19-12-15-16(20)10-18(2,3)11-17(15)21/h5-8,12,20H,4,9-11H2,1-3H3. The minimum Gasteiger partial charge on any atom is -0.511 e. The smallest absolute Gasteiger partial charge is 0.168 e. The number of ether oxygens (including phenoxy) is 1. The van der Waals surface area contributed by atoms with Crippen molar-refractivity contribution in [1.82, 2.24) is 0 Å². The summed E-state index contributed by atoms with van der Waals surface area (Å²) in [7, 11) is 0. The fourth-order valence-corrected chi connectivity index (χ4v) is 2.44. The number of allylic oxidation sites excluding steroid dienone is 2. The van der Waals surface area contributed by atoms with E-state index in [4.69, 9.17) is 4.74 Å². The molecule has 0 aromatic heterocycles. The van der Waals surface area contributed by atoms with Gasteiger partial charge in [0.2, 0.25) is 0 Å². The lowest BCUT2D eigenvalue weighted by molar-refractivity contribution is -0.117. The molecule has 0 unspecified atom stereocenters. The molecule has 22 heavy (non-hydrogen) atoms. The van der Waals surface area contributed by atoms with Crippen LogP contribution in [-0.2, 0) is 4.79 Å². The number of carbonyl (C=O) groups excluding carboxylic acids is 1. The maximum absolute atomic E-state index is 12.1. The lowest BCUT2D eigenvalue weighted by atomic mass is 9.77. The minimum absolute atomic E-state index is 0.0552. The van der Waals surface area contributed by atoms with Crippen LogP contribution in [0, 0.1) is 5.41 Å². The molecule has 1 aliphatic carbocycles. The van der Waals surface area contributed by atoms with Crippen LogP contribution in [0.3, 0.4) is 0 Å². The van der Waals surface area contributed by atoms with Gasteiger partial charge >= 0.3 is 0 Å². The number of carbonyl (C=O) groups is 1. The number of aliphatic imine (C=N–C) groups is 1. The minimum atomic E-state index is -0.184. The molecule has 1 N–H and O–H groups in total. The lowest BCUT2D eigenvalue weighted by Gasteiger charge is -2.28. The van der Waals surface area contributed by atoms with Gasteiger partial charge in [-0.25, -0.2) is 0 Å². The summed E-state index contributed by atoms with van der Waals surface area (Å²) in [6.07, 6.45) is 3.37. The normalized spacial score (nSPS) is 18.0. The number of nitrogens with zero attached hydrogens (tertiary/aromatic N) is 1. The quantitative estimate of drug-likeness (QED) is 0.821. The van der Waals surface area contributed by atoms with Crippen molar-refractivity contribution in [2.75, 3.05) is 6.61 Å². The van der Waals surface area contributed by atoms with E-state index in [0.29, 0.717) is 25.0 Å². The number of benzene rings is 1. The predicted molar refractivity (Wildman–Crippen MR) is 88.1 cm³/mol. The molecule has 1 aromatic rings. The van der Waals surface area contributed by atoms with E-state index in [1.165, 1.54) is 6.21 Å². The highest BCUT2D eigenvalue weighted by atomic mass is 16.5. The van der Waals surface area contributed by atoms with Crippen LogP contribution in [0.15, 0.2) is 40.6 Å². The summed E-state index contributed by atoms with van der Waals surface area (Å²) >= 11 is 0. The third kappa shape index (κ3) is 4.20. The first kappa shape index (κ1) is 16.3. The van der Waals surface area contributed by atoms with Crippen LogP contribution < -0.4 is 4.74 Å². The molecule has 0 bridgehead atoms. The lowest BCUT2D eigenvalue weighted by Crippen LogP contribution is -2.26. The summed E-state index contributed by atoms with van der Waals surface area (Å²) < 4.78 is 5.51. The number of ketones is 1. The summed E-state index contributed by atoms with van der Waals surface area (Å²) in [6, 6.07) is 7.36. The number of hydrogen-bond donors (Lipinski definition) is 1. The second-order valence-electron chi connectivity index (χ2n) is 6.40. The largest absolute Gasteiger partial charge is 0.511 e. The summed E-state index contributed by atoms with van der Waals surface area (Å²) in [5.74, 6) is 0.881. The first-order valence-electron chi connectivity index (χ1n) is 7.63. The van der Waals surface area contributed by atoms with E-state index in [2.05, 4.69) is 11.9 Å². The fourth-order valence-electron chi connectivity index (χ4n) is 2.44. The van der Waals surface area contributed by atoms with Crippen molar-refractivity contribution in [3.8, 4) is 5.75 Å². The Balaban J connectivity index is 2.09. The molecular formula is C18H23NO3. The van der Waals surface area contributed by atoms with E-state index < -0.39 is 0 Å². The molecule has 118 valence electrons. The number of hydrogen-bond acceptors (Lipinski definition) is 4. The van der Waals surface area contributed by atoms with E-state index >= 15 is 0 Å². The van der Waals surface area contributed by atoms with Gasteiger partial charge in [0.15, 0.2) is 5.78 Å². The van der Waals surface area contributed by atoms with Gasteiger partial charge in [-0.3, -0.25) is 9.79 Å². The van der Waals surface area contributed by atoms with E-state index in [0.717, 1.165) is 17.9 Å². The molecule has 1 aromatic carbocycles. The Hall–Kier alpha value is -2.10. The van der Waals surface area contributed by atoms with Crippen LogP contribution in [0.2, 0.25) is 0 Å². The fraction of sp³-hybridized carbons (Fsp3) is 0.444. The van der Waals surface area contributed by atoms with Crippen LogP contribution in [0.5, 0.6) is 5.75 Å². The molecule has 4 nitrogen and oxygen atoms in total. The maximum Gasteiger partial charge on any atom is 0.168 e. The average Bonchev–Trinajstić information content (AvgIpc) is 2.44. The van der Waals surface area contributed by atoms with Gasteiger partial charge in [-0.2, -0.15) is 0 Å². The zero-order chi connectivity index (χ0) is 16.2. The van der Waals surface area contributed by atoms with Gasteiger partial charge in [0.25, 0.3) is 0 Å². The third-order valence-corrected chi connectivity index (χ3v) is 3.55. The number of Topliss-reactive ketones (excluding diaryl/α,β-unsaturated/α-hetero) is 1. The number of aliphatic hydroxyl groups is 1. The van der Waals surface area contributed by atoms with Gasteiger partial charge in [-0.05, 0) is 36.1 Å². The first-order chi connectivity index (χ1) is 10.4. The van der Waals surface area contributed by atoms with Crippen LogP contribution in [0.25, 0.3) is 0 Å². The first-order valence-corrected chi connectivity index (χ1v) is 7.63. The molecule has 0 heterocycles. The van der Waals surface area contributed by atoms with E-state index in [1.807, 2.05) is 38.1 Å². The van der Waals surface area contributed by atoms with E-state index in [9.17, 15) is 9.90 Å². The molecule has 0 fully saturated rings. The Morgan fingerprint density at radius 3 is 2.55 bits per heavy atom. The summed E-state index contributed by atoms with van der Waals surface area (Å²) in [6.45, 7) is 6.70. The van der Waals surface area contributed by atoms with Crippen LogP contribution >= 0.6 is 0 Å². The zero-order valence-electron chi connectivity index (χ0n) is 13.4. The summed E-state index contributed by atoms with van der Waals surface area (Å²) in [4.78, 5) is 16.4. The van der Waals surface area contributed by atoms with Crippen molar-refractivity contribution in [2.24, 2.45) is 10.4 Å². The topological polar surface area (TPSA) is 58.9 Å². The van der Waals surface area contributed by atoms with E-state index in [1.54, 1.807) is 0 Å². The number of aliphatic hydroxyl groups excluding tert-OH is 1. The second-order valence-corrected chi connectivity index (χ2v) is 6.40. The molecular weight excluding hydrogens is 278 g/mol. The Labute approximate surface area is 131 Å². The Bertz CT molecular complexity index is 597. The molecule has 0 spiro atoms. The van der Waals surface area contributed by atoms with Crippen LogP contribution in [0.4, 0.5) is 5.69 Å². The Morgan fingerprint density at radius 2 is 1.95 bits per heavy atom. The van der Waals surface area contributed by atoms with Gasteiger partial charge < -0.3 is 9.84 Å². The maximum atomic E-state index is 12.1. The SMILES string of the molecule is CCCOc1ccc(N=CC2=C(O)CC(C)(C)CC2=O)cc1. The second kappa shape index (κ2) is 6.77. The van der Waals surface area contributed by atoms with Crippen LogP contribution in [0.1, 0.15) is 40.0 Å². The van der Waals surface area contributed by atoms with E-state index in [-0.39, 0.29) is 17.0 Å². The van der Waals surface area contributed by atoms with Crippen molar-refractivity contribution >= 4 is 17.7 Å². The molecule has 1 aliphatic rings. The highest BCUT2D eigenvalue weighted by Crippen LogP contribution is 2.35. The molecule has 0 saturated carbocycles. The zero-order valence-corrected chi connectivity index (χ0v) is 13.4. The van der Waals surface area contributed by atoms with Gasteiger partial charge in [0.05, 0.1) is 17.9 Å².